The van der Waals surface area contributed by atoms with Gasteiger partial charge in [-0.15, -0.1) is 0 Å². The first-order valence-electron chi connectivity index (χ1n) is 4.97. The molecule has 0 fully saturated rings. The Morgan fingerprint density at radius 2 is 2.25 bits per heavy atom. The molecule has 1 unspecified atom stereocenters. The van der Waals surface area contributed by atoms with E-state index in [-0.39, 0.29) is 5.91 Å². The molecule has 0 saturated carbocycles. The average Bonchev–Trinajstić information content (AvgIpc) is 2.26. The van der Waals surface area contributed by atoms with Crippen molar-refractivity contribution in [1.82, 2.24) is 0 Å². The Hall–Kier alpha value is -1.07. The Labute approximate surface area is 103 Å². The second-order valence-corrected chi connectivity index (χ2v) is 4.30. The highest BCUT2D eigenvalue weighted by molar-refractivity contribution is 9.10. The highest BCUT2D eigenvalue weighted by Crippen LogP contribution is 2.24. The van der Waals surface area contributed by atoms with Crippen LogP contribution in [-0.4, -0.2) is 19.1 Å². The van der Waals surface area contributed by atoms with Crippen molar-refractivity contribution >= 4 is 27.5 Å². The number of anilines is 1. The average molecular weight is 287 g/mol. The number of methoxy groups -OCH3 is 1. The number of hydrogen-bond donors (Lipinski definition) is 2. The molecule has 4 nitrogen and oxygen atoms in total. The number of nitrogens with two attached hydrogens (primary N) is 1. The summed E-state index contributed by atoms with van der Waals surface area (Å²) in [7, 11) is 1.57. The fourth-order valence-electron chi connectivity index (χ4n) is 1.17. The van der Waals surface area contributed by atoms with Crippen molar-refractivity contribution < 1.29 is 9.53 Å². The van der Waals surface area contributed by atoms with Crippen LogP contribution in [0.1, 0.15) is 13.3 Å². The number of hydrogen-bond acceptors (Lipinski definition) is 3. The highest BCUT2D eigenvalue weighted by atomic mass is 79.9. The van der Waals surface area contributed by atoms with Gasteiger partial charge in [-0.25, -0.2) is 0 Å². The third-order valence-corrected chi connectivity index (χ3v) is 2.61. The number of carbonyl (C=O) groups is 1. The maximum Gasteiger partial charge on any atom is 0.241 e. The van der Waals surface area contributed by atoms with Gasteiger partial charge in [0.1, 0.15) is 5.75 Å². The molecule has 1 rings (SSSR count). The molecular weight excluding hydrogens is 272 g/mol. The second-order valence-electron chi connectivity index (χ2n) is 3.38. The summed E-state index contributed by atoms with van der Waals surface area (Å²) in [6, 6.07) is 4.87. The lowest BCUT2D eigenvalue weighted by Gasteiger charge is -2.11. The molecule has 3 N–H and O–H groups in total. The molecule has 0 aliphatic rings. The van der Waals surface area contributed by atoms with E-state index in [9.17, 15) is 4.79 Å². The predicted octanol–water partition coefficient (Wildman–Crippen LogP) is 2.13. The number of carbonyl (C=O) groups excluding carboxylic acids is 1. The summed E-state index contributed by atoms with van der Waals surface area (Å²) in [4.78, 5) is 11.6. The van der Waals surface area contributed by atoms with Crippen molar-refractivity contribution in [3.63, 3.8) is 0 Å². The van der Waals surface area contributed by atoms with E-state index in [2.05, 4.69) is 21.2 Å². The van der Waals surface area contributed by atoms with Crippen LogP contribution in [0.4, 0.5) is 5.69 Å². The smallest absolute Gasteiger partial charge is 0.241 e. The Morgan fingerprint density at radius 1 is 1.56 bits per heavy atom. The molecule has 1 atom stereocenters. The highest BCUT2D eigenvalue weighted by Gasteiger charge is 2.11. The molecule has 1 amide bonds. The van der Waals surface area contributed by atoms with Crippen LogP contribution in [0.2, 0.25) is 0 Å². The lowest BCUT2D eigenvalue weighted by atomic mass is 10.2. The first kappa shape index (κ1) is 13.0. The van der Waals surface area contributed by atoms with Gasteiger partial charge in [-0.1, -0.05) is 22.9 Å². The van der Waals surface area contributed by atoms with E-state index in [1.165, 1.54) is 0 Å². The minimum Gasteiger partial charge on any atom is -0.497 e. The third-order valence-electron chi connectivity index (χ3n) is 2.15. The van der Waals surface area contributed by atoms with Gasteiger partial charge in [-0.05, 0) is 18.6 Å². The van der Waals surface area contributed by atoms with Gasteiger partial charge in [0.15, 0.2) is 0 Å². The summed E-state index contributed by atoms with van der Waals surface area (Å²) in [5.74, 6) is 0.484. The lowest BCUT2D eigenvalue weighted by Crippen LogP contribution is -2.34. The lowest BCUT2D eigenvalue weighted by molar-refractivity contribution is -0.117. The van der Waals surface area contributed by atoms with E-state index < -0.39 is 6.04 Å². The molecule has 0 spiro atoms. The zero-order chi connectivity index (χ0) is 12.1. The molecule has 16 heavy (non-hydrogen) atoms. The molecule has 5 heteroatoms. The fourth-order valence-corrected chi connectivity index (χ4v) is 1.65. The molecular formula is C11H15BrN2O2. The van der Waals surface area contributed by atoms with Crippen LogP contribution >= 0.6 is 15.9 Å². The number of amides is 1. The Morgan fingerprint density at radius 3 is 2.81 bits per heavy atom. The molecule has 1 aromatic rings. The zero-order valence-corrected chi connectivity index (χ0v) is 10.9. The van der Waals surface area contributed by atoms with Crippen molar-refractivity contribution in [2.75, 3.05) is 12.4 Å². The predicted molar refractivity (Wildman–Crippen MR) is 67.6 cm³/mol. The topological polar surface area (TPSA) is 64.4 Å². The molecule has 88 valence electrons. The van der Waals surface area contributed by atoms with E-state index in [4.69, 9.17) is 10.5 Å². The van der Waals surface area contributed by atoms with Crippen LogP contribution in [0, 0.1) is 0 Å². The molecule has 0 heterocycles. The van der Waals surface area contributed by atoms with E-state index in [1.807, 2.05) is 13.0 Å². The number of benzene rings is 1. The second kappa shape index (κ2) is 5.86. The van der Waals surface area contributed by atoms with E-state index >= 15 is 0 Å². The Kier molecular flexibility index (Phi) is 4.76. The first-order chi connectivity index (χ1) is 7.56. The van der Waals surface area contributed by atoms with E-state index in [1.54, 1.807) is 19.2 Å². The van der Waals surface area contributed by atoms with Gasteiger partial charge in [-0.2, -0.15) is 0 Å². The summed E-state index contributed by atoms with van der Waals surface area (Å²) >= 11 is 3.34. The summed E-state index contributed by atoms with van der Waals surface area (Å²) in [6.07, 6.45) is 0.608. The van der Waals surface area contributed by atoms with Crippen LogP contribution in [0.5, 0.6) is 5.75 Å². The van der Waals surface area contributed by atoms with E-state index in [0.717, 1.165) is 4.47 Å². The molecule has 0 aromatic heterocycles. The summed E-state index contributed by atoms with van der Waals surface area (Å²) in [6.45, 7) is 1.87. The molecule has 1 aromatic carbocycles. The van der Waals surface area contributed by atoms with Gasteiger partial charge < -0.3 is 15.8 Å². The van der Waals surface area contributed by atoms with Crippen molar-refractivity contribution in [2.24, 2.45) is 5.73 Å². The first-order valence-corrected chi connectivity index (χ1v) is 5.77. The maximum atomic E-state index is 11.6. The van der Waals surface area contributed by atoms with Gasteiger partial charge in [0.2, 0.25) is 5.91 Å². The van der Waals surface area contributed by atoms with Crippen molar-refractivity contribution in [2.45, 2.75) is 19.4 Å². The Bertz CT molecular complexity index is 382. The van der Waals surface area contributed by atoms with Crippen molar-refractivity contribution in [3.8, 4) is 5.75 Å². The normalized spacial score (nSPS) is 12.0. The zero-order valence-electron chi connectivity index (χ0n) is 9.29. The standard InChI is InChI=1S/C11H15BrN2O2/c1-3-10(13)11(15)14-8-4-7(12)5-9(6-8)16-2/h4-6,10H,3,13H2,1-2H3,(H,14,15). The van der Waals surface area contributed by atoms with Crippen LogP contribution in [-0.2, 0) is 4.79 Å². The molecule has 0 aliphatic carbocycles. The van der Waals surface area contributed by atoms with Crippen molar-refractivity contribution in [3.05, 3.63) is 22.7 Å². The van der Waals surface area contributed by atoms with E-state index in [0.29, 0.717) is 17.9 Å². The summed E-state index contributed by atoms with van der Waals surface area (Å²) in [5, 5.41) is 2.73. The Balaban J connectivity index is 2.81. The molecule has 0 bridgehead atoms. The van der Waals surface area contributed by atoms with Gasteiger partial charge in [0.25, 0.3) is 0 Å². The van der Waals surface area contributed by atoms with Crippen molar-refractivity contribution in [1.29, 1.82) is 0 Å². The summed E-state index contributed by atoms with van der Waals surface area (Å²) in [5.41, 5.74) is 6.28. The molecule has 0 aliphatic heterocycles. The number of nitrogens with one attached hydrogen (secondary N) is 1. The van der Waals surface area contributed by atoms with Gasteiger partial charge in [-0.3, -0.25) is 4.79 Å². The number of ether oxygens (including phenoxy) is 1. The molecule has 0 saturated heterocycles. The minimum atomic E-state index is -0.482. The quantitative estimate of drug-likeness (QED) is 0.891. The summed E-state index contributed by atoms with van der Waals surface area (Å²) < 4.78 is 5.93. The largest absolute Gasteiger partial charge is 0.497 e. The maximum absolute atomic E-state index is 11.6. The number of halogens is 1. The van der Waals surface area contributed by atoms with Crippen LogP contribution in [0.15, 0.2) is 22.7 Å². The SMILES string of the molecule is CCC(N)C(=O)Nc1cc(Br)cc(OC)c1. The number of rotatable bonds is 4. The third kappa shape index (κ3) is 3.50. The molecule has 0 radical (unpaired) electrons. The van der Waals surface area contributed by atoms with Gasteiger partial charge >= 0.3 is 0 Å². The van der Waals surface area contributed by atoms with Crippen LogP contribution in [0.25, 0.3) is 0 Å². The van der Waals surface area contributed by atoms with Crippen LogP contribution in [0.3, 0.4) is 0 Å². The van der Waals surface area contributed by atoms with Crippen LogP contribution < -0.4 is 15.8 Å². The monoisotopic (exact) mass is 286 g/mol. The fraction of sp³-hybridized carbons (Fsp3) is 0.364. The van der Waals surface area contributed by atoms with Gasteiger partial charge in [0.05, 0.1) is 13.2 Å². The minimum absolute atomic E-state index is 0.192. The van der Waals surface area contributed by atoms with Gasteiger partial charge in [0, 0.05) is 16.2 Å².